The van der Waals surface area contributed by atoms with Crippen molar-refractivity contribution in [2.24, 2.45) is 0 Å². The fourth-order valence-electron chi connectivity index (χ4n) is 2.30. The Hall–Kier alpha value is -3.55. The van der Waals surface area contributed by atoms with Gasteiger partial charge < -0.3 is 14.8 Å². The summed E-state index contributed by atoms with van der Waals surface area (Å²) in [5.74, 6) is 0.00539. The molecule has 0 saturated carbocycles. The number of carbonyl (C=O) groups excluding carboxylic acids is 3. The largest absolute Gasteiger partial charge is 0.454 e. The van der Waals surface area contributed by atoms with Gasteiger partial charge in [-0.3, -0.25) is 25.2 Å². The number of nitrogens with one attached hydrogen (secondary N) is 3. The van der Waals surface area contributed by atoms with Gasteiger partial charge in [0.25, 0.3) is 11.8 Å². The van der Waals surface area contributed by atoms with Crippen molar-refractivity contribution in [1.29, 1.82) is 0 Å². The van der Waals surface area contributed by atoms with Crippen molar-refractivity contribution in [2.75, 3.05) is 6.79 Å². The molecule has 1 aliphatic heterocycles. The standard InChI is InChI=1S/C18H17N3O5/c1-11(22)19-9-12-2-4-13(5-3-12)17(23)20-21-18(24)14-6-7-15-16(8-14)26-10-25-15/h2-8H,9-10H2,1H3,(H,19,22)(H,20,23)(H,21,24). The average molecular weight is 355 g/mol. The Bertz CT molecular complexity index is 848. The number of benzene rings is 2. The Morgan fingerprint density at radius 2 is 1.50 bits per heavy atom. The van der Waals surface area contributed by atoms with Gasteiger partial charge in [-0.25, -0.2) is 0 Å². The van der Waals surface area contributed by atoms with Gasteiger partial charge in [0.15, 0.2) is 11.5 Å². The number of hydrogen-bond acceptors (Lipinski definition) is 5. The number of rotatable bonds is 4. The summed E-state index contributed by atoms with van der Waals surface area (Å²) in [6.45, 7) is 1.94. The molecule has 0 atom stereocenters. The third-order valence-electron chi connectivity index (χ3n) is 3.68. The molecule has 3 N–H and O–H groups in total. The van der Waals surface area contributed by atoms with Gasteiger partial charge in [0.1, 0.15) is 0 Å². The third-order valence-corrected chi connectivity index (χ3v) is 3.68. The predicted molar refractivity (Wildman–Crippen MR) is 91.5 cm³/mol. The second kappa shape index (κ2) is 7.56. The van der Waals surface area contributed by atoms with Crippen LogP contribution in [0.15, 0.2) is 42.5 Å². The SMILES string of the molecule is CC(=O)NCc1ccc(C(=O)NNC(=O)c2ccc3c(c2)OCO3)cc1. The van der Waals surface area contributed by atoms with E-state index < -0.39 is 11.8 Å². The van der Waals surface area contributed by atoms with Gasteiger partial charge in [0, 0.05) is 24.6 Å². The maximum Gasteiger partial charge on any atom is 0.269 e. The first kappa shape index (κ1) is 17.3. The van der Waals surface area contributed by atoms with Gasteiger partial charge in [-0.2, -0.15) is 0 Å². The minimum atomic E-state index is -0.473. The zero-order chi connectivity index (χ0) is 18.5. The van der Waals surface area contributed by atoms with Crippen LogP contribution in [0.2, 0.25) is 0 Å². The quantitative estimate of drug-likeness (QED) is 0.713. The van der Waals surface area contributed by atoms with Crippen molar-refractivity contribution in [2.45, 2.75) is 13.5 Å². The molecule has 0 radical (unpaired) electrons. The van der Waals surface area contributed by atoms with Gasteiger partial charge in [0.05, 0.1) is 0 Å². The van der Waals surface area contributed by atoms with Crippen LogP contribution >= 0.6 is 0 Å². The van der Waals surface area contributed by atoms with Gasteiger partial charge in [-0.1, -0.05) is 12.1 Å². The summed E-state index contributed by atoms with van der Waals surface area (Å²) in [5.41, 5.74) is 6.28. The lowest BCUT2D eigenvalue weighted by atomic mass is 10.1. The summed E-state index contributed by atoms with van der Waals surface area (Å²) in [5, 5.41) is 2.67. The van der Waals surface area contributed by atoms with Crippen LogP contribution in [0.5, 0.6) is 11.5 Å². The summed E-state index contributed by atoms with van der Waals surface area (Å²) in [4.78, 5) is 35.1. The molecule has 8 heteroatoms. The van der Waals surface area contributed by atoms with E-state index >= 15 is 0 Å². The van der Waals surface area contributed by atoms with Crippen molar-refractivity contribution in [1.82, 2.24) is 16.2 Å². The Balaban J connectivity index is 1.54. The monoisotopic (exact) mass is 355 g/mol. The topological polar surface area (TPSA) is 106 Å². The van der Waals surface area contributed by atoms with Crippen LogP contribution in [0.1, 0.15) is 33.2 Å². The zero-order valence-electron chi connectivity index (χ0n) is 14.0. The number of hydrogen-bond donors (Lipinski definition) is 3. The molecule has 26 heavy (non-hydrogen) atoms. The number of amides is 3. The summed E-state index contributed by atoms with van der Waals surface area (Å²) in [7, 11) is 0. The molecule has 0 aromatic heterocycles. The van der Waals surface area contributed by atoms with Crippen molar-refractivity contribution in [3.8, 4) is 11.5 Å². The number of carbonyl (C=O) groups is 3. The molecule has 0 spiro atoms. The van der Waals surface area contributed by atoms with Gasteiger partial charge in [0.2, 0.25) is 12.7 Å². The molecule has 2 aromatic carbocycles. The van der Waals surface area contributed by atoms with E-state index in [2.05, 4.69) is 16.2 Å². The smallest absolute Gasteiger partial charge is 0.269 e. The normalized spacial score (nSPS) is 11.6. The molecule has 3 amide bonds. The van der Waals surface area contributed by atoms with Gasteiger partial charge in [-0.15, -0.1) is 0 Å². The zero-order valence-corrected chi connectivity index (χ0v) is 14.0. The van der Waals surface area contributed by atoms with E-state index in [4.69, 9.17) is 9.47 Å². The highest BCUT2D eigenvalue weighted by molar-refractivity contribution is 5.99. The van der Waals surface area contributed by atoms with E-state index in [1.165, 1.54) is 6.92 Å². The van der Waals surface area contributed by atoms with Crippen molar-refractivity contribution in [3.05, 3.63) is 59.2 Å². The summed E-state index contributed by atoms with van der Waals surface area (Å²) < 4.78 is 10.4. The molecule has 0 unspecified atom stereocenters. The first-order chi connectivity index (χ1) is 12.5. The maximum atomic E-state index is 12.1. The number of ether oxygens (including phenoxy) is 2. The Kier molecular flexibility index (Phi) is 5.02. The van der Waals surface area contributed by atoms with Gasteiger partial charge >= 0.3 is 0 Å². The lowest BCUT2D eigenvalue weighted by molar-refractivity contribution is -0.119. The fraction of sp³-hybridized carbons (Fsp3) is 0.167. The van der Waals surface area contributed by atoms with E-state index in [1.54, 1.807) is 42.5 Å². The second-order valence-electron chi connectivity index (χ2n) is 5.58. The van der Waals surface area contributed by atoms with Crippen LogP contribution in [0.25, 0.3) is 0 Å². The molecular weight excluding hydrogens is 338 g/mol. The highest BCUT2D eigenvalue weighted by Gasteiger charge is 2.16. The molecule has 1 heterocycles. The Morgan fingerprint density at radius 1 is 0.885 bits per heavy atom. The predicted octanol–water partition coefficient (Wildman–Crippen LogP) is 1.13. The molecule has 0 saturated heterocycles. The van der Waals surface area contributed by atoms with Crippen molar-refractivity contribution in [3.63, 3.8) is 0 Å². The molecule has 2 aromatic rings. The Morgan fingerprint density at radius 3 is 2.19 bits per heavy atom. The lowest BCUT2D eigenvalue weighted by Gasteiger charge is -2.09. The van der Waals surface area contributed by atoms with Crippen LogP contribution in [0.4, 0.5) is 0 Å². The highest BCUT2D eigenvalue weighted by Crippen LogP contribution is 2.32. The van der Waals surface area contributed by atoms with Crippen LogP contribution in [-0.2, 0) is 11.3 Å². The van der Waals surface area contributed by atoms with E-state index in [1.807, 2.05) is 0 Å². The van der Waals surface area contributed by atoms with E-state index in [0.29, 0.717) is 29.2 Å². The molecule has 1 aliphatic rings. The minimum Gasteiger partial charge on any atom is -0.454 e. The summed E-state index contributed by atoms with van der Waals surface area (Å²) in [6, 6.07) is 11.4. The summed E-state index contributed by atoms with van der Waals surface area (Å²) >= 11 is 0. The molecule has 8 nitrogen and oxygen atoms in total. The van der Waals surface area contributed by atoms with Crippen LogP contribution in [0, 0.1) is 0 Å². The molecular formula is C18H17N3O5. The van der Waals surface area contributed by atoms with Crippen LogP contribution in [0.3, 0.4) is 0 Å². The fourth-order valence-corrected chi connectivity index (χ4v) is 2.30. The molecule has 0 aliphatic carbocycles. The number of fused-ring (bicyclic) bond motifs is 1. The van der Waals surface area contributed by atoms with Gasteiger partial charge in [-0.05, 0) is 35.9 Å². The molecule has 0 fully saturated rings. The van der Waals surface area contributed by atoms with E-state index in [0.717, 1.165) is 5.56 Å². The third kappa shape index (κ3) is 4.10. The Labute approximate surface area is 149 Å². The number of hydrazine groups is 1. The average Bonchev–Trinajstić information content (AvgIpc) is 3.12. The molecule has 0 bridgehead atoms. The first-order valence-electron chi connectivity index (χ1n) is 7.86. The van der Waals surface area contributed by atoms with Crippen LogP contribution in [-0.4, -0.2) is 24.5 Å². The van der Waals surface area contributed by atoms with E-state index in [-0.39, 0.29) is 12.7 Å². The van der Waals surface area contributed by atoms with Crippen molar-refractivity contribution < 1.29 is 23.9 Å². The summed E-state index contributed by atoms with van der Waals surface area (Å²) in [6.07, 6.45) is 0. The molecule has 3 rings (SSSR count). The van der Waals surface area contributed by atoms with Crippen molar-refractivity contribution >= 4 is 17.7 Å². The second-order valence-corrected chi connectivity index (χ2v) is 5.58. The highest BCUT2D eigenvalue weighted by atomic mass is 16.7. The minimum absolute atomic E-state index is 0.120. The lowest BCUT2D eigenvalue weighted by Crippen LogP contribution is -2.41. The van der Waals surface area contributed by atoms with Crippen LogP contribution < -0.4 is 25.6 Å². The molecule has 134 valence electrons. The maximum absolute atomic E-state index is 12.1. The first-order valence-corrected chi connectivity index (χ1v) is 7.86. The van der Waals surface area contributed by atoms with E-state index in [9.17, 15) is 14.4 Å².